The van der Waals surface area contributed by atoms with E-state index in [-0.39, 0.29) is 5.56 Å². The van der Waals surface area contributed by atoms with E-state index in [9.17, 15) is 22.0 Å². The zero-order chi connectivity index (χ0) is 17.9. The third-order valence-electron chi connectivity index (χ3n) is 4.01. The van der Waals surface area contributed by atoms with Crippen molar-refractivity contribution < 1.29 is 22.0 Å². The molecule has 4 nitrogen and oxygen atoms in total. The Hall–Kier alpha value is -1.76. The van der Waals surface area contributed by atoms with Gasteiger partial charge in [-0.25, -0.2) is 17.2 Å². The van der Waals surface area contributed by atoms with Gasteiger partial charge in [-0.2, -0.15) is 0 Å². The first-order valence-electron chi connectivity index (χ1n) is 7.04. The highest BCUT2D eigenvalue weighted by Gasteiger charge is 2.27. The highest BCUT2D eigenvalue weighted by molar-refractivity contribution is 7.91. The Bertz CT molecular complexity index is 729. The fourth-order valence-corrected chi connectivity index (χ4v) is 2.95. The molecule has 0 saturated carbocycles. The number of hydrogen-bond donors (Lipinski definition) is 0. The minimum atomic E-state index is -3.29. The van der Waals surface area contributed by atoms with Crippen LogP contribution in [-0.2, 0) is 14.6 Å². The number of carbonyl (C=O) groups excluding carboxylic acids is 1. The molecule has 23 heavy (non-hydrogen) atoms. The van der Waals surface area contributed by atoms with Crippen LogP contribution in [0.4, 0.5) is 8.78 Å². The lowest BCUT2D eigenvalue weighted by Gasteiger charge is -2.28. The molecule has 0 radical (unpaired) electrons. The van der Waals surface area contributed by atoms with Crippen molar-refractivity contribution in [3.8, 4) is 0 Å². The van der Waals surface area contributed by atoms with E-state index in [1.807, 2.05) is 0 Å². The molecule has 0 N–H and O–H groups in total. The molecule has 0 aliphatic carbocycles. The lowest BCUT2D eigenvalue weighted by Crippen LogP contribution is -2.43. The summed E-state index contributed by atoms with van der Waals surface area (Å²) in [6.45, 7) is 4.69. The Labute approximate surface area is 135 Å². The Balaban J connectivity index is 3.00. The van der Waals surface area contributed by atoms with Crippen LogP contribution in [0.5, 0.6) is 0 Å². The summed E-state index contributed by atoms with van der Waals surface area (Å²) in [5.74, 6) is -1.90. The predicted octanol–water partition coefficient (Wildman–Crippen LogP) is 2.65. The van der Waals surface area contributed by atoms with Gasteiger partial charge in [0.05, 0.1) is 5.25 Å². The smallest absolute Gasteiger partial charge is 0.246 e. The second-order valence-electron chi connectivity index (χ2n) is 5.68. The van der Waals surface area contributed by atoms with E-state index in [2.05, 4.69) is 0 Å². The molecule has 0 spiro atoms. The maximum Gasteiger partial charge on any atom is 0.246 e. The number of rotatable bonds is 5. The zero-order valence-corrected chi connectivity index (χ0v) is 14.6. The Morgan fingerprint density at radius 3 is 2.30 bits per heavy atom. The highest BCUT2D eigenvalue weighted by atomic mass is 32.2. The summed E-state index contributed by atoms with van der Waals surface area (Å²) < 4.78 is 49.8. The van der Waals surface area contributed by atoms with Crippen LogP contribution in [0.25, 0.3) is 5.57 Å². The fraction of sp³-hybridized carbons (Fsp3) is 0.438. The maximum absolute atomic E-state index is 13.7. The van der Waals surface area contributed by atoms with Gasteiger partial charge in [-0.1, -0.05) is 0 Å². The van der Waals surface area contributed by atoms with Gasteiger partial charge in [-0.3, -0.25) is 4.79 Å². The standard InChI is InChI=1S/C16H21F2NO3S/c1-10(14-7-6-13(17)9-15(14)18)8-16(20)19(4)11(2)12(3)23(5,21)22/h6-9,11-12H,1-5H3/b10-8-/t11-,12-/m1/s1. The SMILES string of the molecule is C/C(=C/C(=O)N(C)[C@H](C)[C@@H](C)S(C)(=O)=O)c1ccc(F)cc1F. The molecule has 1 amide bonds. The minimum Gasteiger partial charge on any atom is -0.338 e. The quantitative estimate of drug-likeness (QED) is 0.771. The topological polar surface area (TPSA) is 54.5 Å². The molecule has 0 aromatic heterocycles. The predicted molar refractivity (Wildman–Crippen MR) is 86.5 cm³/mol. The number of nitrogens with zero attached hydrogens (tertiary/aromatic N) is 1. The lowest BCUT2D eigenvalue weighted by atomic mass is 10.1. The third kappa shape index (κ3) is 4.86. The van der Waals surface area contributed by atoms with Crippen LogP contribution in [0.15, 0.2) is 24.3 Å². The molecular formula is C16H21F2NO3S. The fourth-order valence-electron chi connectivity index (χ4n) is 2.05. The van der Waals surface area contributed by atoms with Crippen molar-refractivity contribution in [1.29, 1.82) is 0 Å². The average Bonchev–Trinajstić information content (AvgIpc) is 2.43. The van der Waals surface area contributed by atoms with E-state index in [0.29, 0.717) is 5.57 Å². The first-order chi connectivity index (χ1) is 10.4. The number of allylic oxidation sites excluding steroid dienone is 1. The first kappa shape index (κ1) is 19.3. The summed E-state index contributed by atoms with van der Waals surface area (Å²) in [6, 6.07) is 2.57. The molecule has 0 unspecified atom stereocenters. The third-order valence-corrected chi connectivity index (χ3v) is 5.75. The molecule has 0 bridgehead atoms. The Morgan fingerprint density at radius 2 is 1.83 bits per heavy atom. The molecule has 128 valence electrons. The molecule has 2 atom stereocenters. The van der Waals surface area contributed by atoms with E-state index in [1.165, 1.54) is 37.9 Å². The van der Waals surface area contributed by atoms with Crippen molar-refractivity contribution in [3.05, 3.63) is 41.5 Å². The van der Waals surface area contributed by atoms with Gasteiger partial charge in [-0.05, 0) is 38.5 Å². The first-order valence-corrected chi connectivity index (χ1v) is 9.00. The summed E-state index contributed by atoms with van der Waals surface area (Å²) in [7, 11) is -1.80. The van der Waals surface area contributed by atoms with Gasteiger partial charge in [0.15, 0.2) is 9.84 Å². The summed E-state index contributed by atoms with van der Waals surface area (Å²) >= 11 is 0. The summed E-state index contributed by atoms with van der Waals surface area (Å²) in [5, 5.41) is -0.729. The molecule has 1 rings (SSSR count). The molecule has 7 heteroatoms. The molecular weight excluding hydrogens is 324 g/mol. The maximum atomic E-state index is 13.7. The van der Waals surface area contributed by atoms with Gasteiger partial charge in [-0.15, -0.1) is 0 Å². The lowest BCUT2D eigenvalue weighted by molar-refractivity contribution is -0.126. The number of benzene rings is 1. The van der Waals surface area contributed by atoms with Gasteiger partial charge in [0, 0.05) is 37.1 Å². The van der Waals surface area contributed by atoms with Gasteiger partial charge >= 0.3 is 0 Å². The zero-order valence-electron chi connectivity index (χ0n) is 13.8. The molecule has 0 saturated heterocycles. The van der Waals surface area contributed by atoms with Crippen molar-refractivity contribution in [2.75, 3.05) is 13.3 Å². The van der Waals surface area contributed by atoms with E-state index >= 15 is 0 Å². The molecule has 0 fully saturated rings. The summed E-state index contributed by atoms with van der Waals surface area (Å²) in [5.41, 5.74) is 0.454. The van der Waals surface area contributed by atoms with Crippen LogP contribution in [0.1, 0.15) is 26.3 Å². The van der Waals surface area contributed by atoms with E-state index in [1.54, 1.807) is 6.92 Å². The number of amides is 1. The van der Waals surface area contributed by atoms with Crippen LogP contribution in [0.3, 0.4) is 0 Å². The van der Waals surface area contributed by atoms with Crippen LogP contribution in [0.2, 0.25) is 0 Å². The second kappa shape index (κ2) is 7.21. The number of sulfone groups is 1. The number of hydrogen-bond acceptors (Lipinski definition) is 3. The van der Waals surface area contributed by atoms with Gasteiger partial charge in [0.1, 0.15) is 11.6 Å². The molecule has 0 heterocycles. The van der Waals surface area contributed by atoms with E-state index in [4.69, 9.17) is 0 Å². The van der Waals surface area contributed by atoms with Crippen molar-refractivity contribution in [2.24, 2.45) is 0 Å². The monoisotopic (exact) mass is 345 g/mol. The van der Waals surface area contributed by atoms with Crippen molar-refractivity contribution in [3.63, 3.8) is 0 Å². The van der Waals surface area contributed by atoms with Crippen LogP contribution >= 0.6 is 0 Å². The van der Waals surface area contributed by atoms with Crippen LogP contribution < -0.4 is 0 Å². The summed E-state index contributed by atoms with van der Waals surface area (Å²) in [4.78, 5) is 13.5. The molecule has 1 aromatic carbocycles. The largest absolute Gasteiger partial charge is 0.338 e. The Kier molecular flexibility index (Phi) is 6.04. The van der Waals surface area contributed by atoms with Crippen molar-refractivity contribution in [1.82, 2.24) is 4.90 Å². The van der Waals surface area contributed by atoms with Gasteiger partial charge < -0.3 is 4.90 Å². The highest BCUT2D eigenvalue weighted by Crippen LogP contribution is 2.19. The van der Waals surface area contributed by atoms with Crippen molar-refractivity contribution >= 4 is 21.3 Å². The number of halogens is 2. The number of likely N-dealkylation sites (N-methyl/N-ethyl adjacent to an activating group) is 1. The van der Waals surface area contributed by atoms with E-state index in [0.717, 1.165) is 18.4 Å². The number of carbonyl (C=O) groups is 1. The van der Waals surface area contributed by atoms with Gasteiger partial charge in [0.2, 0.25) is 5.91 Å². The normalized spacial score (nSPS) is 15.2. The van der Waals surface area contributed by atoms with Crippen LogP contribution in [0, 0.1) is 11.6 Å². The van der Waals surface area contributed by atoms with Gasteiger partial charge in [0.25, 0.3) is 0 Å². The Morgan fingerprint density at radius 1 is 1.26 bits per heavy atom. The average molecular weight is 345 g/mol. The van der Waals surface area contributed by atoms with E-state index < -0.39 is 38.7 Å². The van der Waals surface area contributed by atoms with Crippen molar-refractivity contribution in [2.45, 2.75) is 32.1 Å². The van der Waals surface area contributed by atoms with Crippen LogP contribution in [-0.4, -0.2) is 43.8 Å². The molecule has 0 aliphatic heterocycles. The summed E-state index contributed by atoms with van der Waals surface area (Å²) in [6.07, 6.45) is 2.32. The molecule has 0 aliphatic rings. The second-order valence-corrected chi connectivity index (χ2v) is 8.08. The molecule has 1 aromatic rings. The minimum absolute atomic E-state index is 0.122.